The molecule has 0 aliphatic carbocycles. The topological polar surface area (TPSA) is 85.1 Å². The number of benzene rings is 1. The second-order valence-electron chi connectivity index (χ2n) is 6.03. The molecule has 1 saturated heterocycles. The number of aliphatic hydroxyl groups is 1. The lowest BCUT2D eigenvalue weighted by atomic mass is 10.0. The molecule has 0 spiro atoms. The van der Waals surface area contributed by atoms with Crippen molar-refractivity contribution < 1.29 is 5.11 Å². The van der Waals surface area contributed by atoms with Crippen molar-refractivity contribution in [2.75, 3.05) is 18.4 Å². The highest BCUT2D eigenvalue weighted by atomic mass is 16.3. The van der Waals surface area contributed by atoms with E-state index in [1.54, 1.807) is 6.20 Å². The average molecular weight is 323 g/mol. The Bertz CT molecular complexity index is 702. The van der Waals surface area contributed by atoms with E-state index in [0.29, 0.717) is 18.1 Å². The number of anilines is 1. The number of nitrogens with one attached hydrogen (secondary N) is 1. The zero-order valence-electron chi connectivity index (χ0n) is 13.5. The lowest BCUT2D eigenvalue weighted by molar-refractivity contribution is 0.0791. The van der Waals surface area contributed by atoms with Gasteiger partial charge in [-0.25, -0.2) is 9.97 Å². The van der Waals surface area contributed by atoms with E-state index in [4.69, 9.17) is 5.26 Å². The van der Waals surface area contributed by atoms with Crippen molar-refractivity contribution in [3.63, 3.8) is 0 Å². The monoisotopic (exact) mass is 323 g/mol. The molecule has 6 heteroatoms. The molecule has 3 rings (SSSR count). The van der Waals surface area contributed by atoms with E-state index in [-0.39, 0.29) is 6.10 Å². The first-order chi connectivity index (χ1) is 11.7. The second-order valence-corrected chi connectivity index (χ2v) is 6.03. The number of hydrogen-bond acceptors (Lipinski definition) is 6. The summed E-state index contributed by atoms with van der Waals surface area (Å²) in [5, 5.41) is 21.6. The maximum atomic E-state index is 9.63. The van der Waals surface area contributed by atoms with Crippen LogP contribution in [-0.4, -0.2) is 39.2 Å². The van der Waals surface area contributed by atoms with Gasteiger partial charge in [0.25, 0.3) is 0 Å². The van der Waals surface area contributed by atoms with Gasteiger partial charge in [-0.3, -0.25) is 4.90 Å². The molecule has 1 fully saturated rings. The predicted octanol–water partition coefficient (Wildman–Crippen LogP) is 1.92. The molecule has 2 N–H and O–H groups in total. The van der Waals surface area contributed by atoms with Crippen LogP contribution in [0.1, 0.15) is 29.7 Å². The van der Waals surface area contributed by atoms with E-state index in [9.17, 15) is 5.11 Å². The van der Waals surface area contributed by atoms with Crippen LogP contribution in [-0.2, 0) is 13.1 Å². The van der Waals surface area contributed by atoms with Crippen molar-refractivity contribution in [1.82, 2.24) is 14.9 Å². The van der Waals surface area contributed by atoms with Crippen molar-refractivity contribution in [1.29, 1.82) is 5.26 Å². The largest absolute Gasteiger partial charge is 0.393 e. The maximum absolute atomic E-state index is 9.63. The number of aromatic nitrogens is 2. The van der Waals surface area contributed by atoms with E-state index in [0.717, 1.165) is 32.5 Å². The molecule has 0 unspecified atom stereocenters. The van der Waals surface area contributed by atoms with Crippen LogP contribution < -0.4 is 5.32 Å². The first-order valence-corrected chi connectivity index (χ1v) is 8.18. The Hall–Kier alpha value is -2.49. The summed E-state index contributed by atoms with van der Waals surface area (Å²) >= 11 is 0. The lowest BCUT2D eigenvalue weighted by Crippen LogP contribution is -2.35. The summed E-state index contributed by atoms with van der Waals surface area (Å²) < 4.78 is 0. The molecular weight excluding hydrogens is 302 g/mol. The number of aliphatic hydroxyl groups excluding tert-OH is 1. The number of likely N-dealkylation sites (tertiary alicyclic amines) is 1. The van der Waals surface area contributed by atoms with Gasteiger partial charge < -0.3 is 10.4 Å². The molecule has 2 heterocycles. The van der Waals surface area contributed by atoms with Gasteiger partial charge >= 0.3 is 0 Å². The summed E-state index contributed by atoms with van der Waals surface area (Å²) in [5.41, 5.74) is 2.81. The molecule has 1 aliphatic rings. The second kappa shape index (κ2) is 7.86. The molecule has 0 saturated carbocycles. The van der Waals surface area contributed by atoms with Gasteiger partial charge in [0.1, 0.15) is 11.9 Å². The van der Waals surface area contributed by atoms with Crippen LogP contribution >= 0.6 is 0 Å². The number of rotatable bonds is 5. The van der Waals surface area contributed by atoms with Crippen molar-refractivity contribution in [2.24, 2.45) is 0 Å². The molecule has 1 aliphatic heterocycles. The van der Waals surface area contributed by atoms with Gasteiger partial charge in [-0.2, -0.15) is 5.26 Å². The Balaban J connectivity index is 1.62. The molecule has 2 aromatic rings. The van der Waals surface area contributed by atoms with Crippen LogP contribution in [0.2, 0.25) is 0 Å². The van der Waals surface area contributed by atoms with E-state index >= 15 is 0 Å². The fourth-order valence-electron chi connectivity index (χ4n) is 2.87. The lowest BCUT2D eigenvalue weighted by Gasteiger charge is -2.30. The van der Waals surface area contributed by atoms with Crippen LogP contribution in [0.5, 0.6) is 0 Å². The molecule has 0 amide bonds. The van der Waals surface area contributed by atoms with Gasteiger partial charge in [0.2, 0.25) is 0 Å². The quantitative estimate of drug-likeness (QED) is 0.874. The third-order valence-corrected chi connectivity index (χ3v) is 4.30. The normalized spacial score (nSPS) is 15.8. The number of piperidine rings is 1. The van der Waals surface area contributed by atoms with Crippen molar-refractivity contribution in [3.8, 4) is 6.07 Å². The third-order valence-electron chi connectivity index (χ3n) is 4.30. The summed E-state index contributed by atoms with van der Waals surface area (Å²) in [6.45, 7) is 3.42. The summed E-state index contributed by atoms with van der Waals surface area (Å²) in [4.78, 5) is 10.6. The molecule has 24 heavy (non-hydrogen) atoms. The molecule has 1 aromatic heterocycles. The van der Waals surface area contributed by atoms with Crippen LogP contribution in [0.3, 0.4) is 0 Å². The minimum atomic E-state index is -0.145. The fourth-order valence-corrected chi connectivity index (χ4v) is 2.87. The number of hydrogen-bond donors (Lipinski definition) is 2. The molecular formula is C18H21N5O. The number of nitriles is 1. The average Bonchev–Trinajstić information content (AvgIpc) is 2.63. The number of nitrogens with zero attached hydrogens (tertiary/aromatic N) is 4. The molecule has 0 bridgehead atoms. The van der Waals surface area contributed by atoms with Crippen molar-refractivity contribution >= 4 is 5.82 Å². The van der Waals surface area contributed by atoms with E-state index in [1.165, 1.54) is 17.3 Å². The van der Waals surface area contributed by atoms with E-state index < -0.39 is 0 Å². The first kappa shape index (κ1) is 16.4. The molecule has 1 aromatic carbocycles. The summed E-state index contributed by atoms with van der Waals surface area (Å²) in [5.74, 6) is 0.657. The van der Waals surface area contributed by atoms with Gasteiger partial charge in [-0.05, 0) is 24.0 Å². The van der Waals surface area contributed by atoms with Crippen LogP contribution in [0, 0.1) is 11.3 Å². The highest BCUT2D eigenvalue weighted by Crippen LogP contribution is 2.17. The first-order valence-electron chi connectivity index (χ1n) is 8.18. The standard InChI is InChI=1S/C18H21N5O/c19-9-16-11-22-18(12-20-16)21-10-14-3-1-2-4-15(14)13-23-7-5-17(24)6-8-23/h1-4,11-12,17,24H,5-8,10,13H2,(H,21,22). The van der Waals surface area contributed by atoms with E-state index in [2.05, 4.69) is 38.4 Å². The SMILES string of the molecule is N#Cc1cnc(NCc2ccccc2CN2CCC(O)CC2)cn1. The zero-order valence-corrected chi connectivity index (χ0v) is 13.5. The van der Waals surface area contributed by atoms with Crippen LogP contribution in [0.15, 0.2) is 36.7 Å². The van der Waals surface area contributed by atoms with Gasteiger partial charge in [0.15, 0.2) is 5.69 Å². The fraction of sp³-hybridized carbons (Fsp3) is 0.389. The van der Waals surface area contributed by atoms with Gasteiger partial charge in [0.05, 0.1) is 18.5 Å². The minimum absolute atomic E-state index is 0.145. The van der Waals surface area contributed by atoms with Crippen molar-refractivity contribution in [2.45, 2.75) is 32.0 Å². The Labute approximate surface area is 141 Å². The summed E-state index contributed by atoms with van der Waals surface area (Å²) in [6, 6.07) is 10.3. The van der Waals surface area contributed by atoms with E-state index in [1.807, 2.05) is 12.1 Å². The van der Waals surface area contributed by atoms with Crippen LogP contribution in [0.4, 0.5) is 5.82 Å². The Morgan fingerprint density at radius 3 is 2.58 bits per heavy atom. The molecule has 6 nitrogen and oxygen atoms in total. The maximum Gasteiger partial charge on any atom is 0.158 e. The van der Waals surface area contributed by atoms with Gasteiger partial charge in [-0.1, -0.05) is 24.3 Å². The third kappa shape index (κ3) is 4.28. The zero-order chi connectivity index (χ0) is 16.8. The Kier molecular flexibility index (Phi) is 5.36. The van der Waals surface area contributed by atoms with Crippen LogP contribution in [0.25, 0.3) is 0 Å². The Morgan fingerprint density at radius 2 is 1.92 bits per heavy atom. The highest BCUT2D eigenvalue weighted by molar-refractivity contribution is 5.36. The predicted molar refractivity (Wildman–Crippen MR) is 91.0 cm³/mol. The highest BCUT2D eigenvalue weighted by Gasteiger charge is 2.17. The molecule has 124 valence electrons. The van der Waals surface area contributed by atoms with Gasteiger partial charge in [-0.15, -0.1) is 0 Å². The molecule has 0 atom stereocenters. The Morgan fingerprint density at radius 1 is 1.17 bits per heavy atom. The van der Waals surface area contributed by atoms with Gasteiger partial charge in [0, 0.05) is 26.2 Å². The minimum Gasteiger partial charge on any atom is -0.393 e. The van der Waals surface area contributed by atoms with Crippen molar-refractivity contribution in [3.05, 3.63) is 53.5 Å². The summed E-state index contributed by atoms with van der Waals surface area (Å²) in [6.07, 6.45) is 4.59. The molecule has 0 radical (unpaired) electrons. The summed E-state index contributed by atoms with van der Waals surface area (Å²) in [7, 11) is 0. The smallest absolute Gasteiger partial charge is 0.158 e.